The molecule has 0 amide bonds. The van der Waals surface area contributed by atoms with Gasteiger partial charge in [-0.15, -0.1) is 0 Å². The van der Waals surface area contributed by atoms with Crippen LogP contribution >= 0.6 is 23.2 Å². The summed E-state index contributed by atoms with van der Waals surface area (Å²) in [6.45, 7) is 0.113. The zero-order valence-electron chi connectivity index (χ0n) is 12.7. The predicted molar refractivity (Wildman–Crippen MR) is 92.6 cm³/mol. The molecule has 0 bridgehead atoms. The zero-order chi connectivity index (χ0) is 17.5. The Kier molecular flexibility index (Phi) is 6.64. The molecule has 2 rings (SSSR count). The molecule has 4 nitrogen and oxygen atoms in total. The Bertz CT molecular complexity index is 650. The molecule has 0 saturated carbocycles. The summed E-state index contributed by atoms with van der Waals surface area (Å²) in [6.07, 6.45) is -0.394. The highest BCUT2D eigenvalue weighted by Crippen LogP contribution is 2.27. The van der Waals surface area contributed by atoms with Crippen molar-refractivity contribution in [1.82, 2.24) is 0 Å². The second-order valence-electron chi connectivity index (χ2n) is 5.23. The lowest BCUT2D eigenvalue weighted by Crippen LogP contribution is -2.15. The highest BCUT2D eigenvalue weighted by molar-refractivity contribution is 6.30. The normalized spacial score (nSPS) is 10.6. The van der Waals surface area contributed by atoms with Gasteiger partial charge in [-0.25, -0.2) is 0 Å². The third-order valence-electron chi connectivity index (χ3n) is 3.50. The number of rotatable bonds is 7. The maximum absolute atomic E-state index is 11.7. The molecule has 2 aromatic rings. The van der Waals surface area contributed by atoms with E-state index in [-0.39, 0.29) is 25.4 Å². The number of carboxylic acid groups (broad SMARTS) is 1. The van der Waals surface area contributed by atoms with Crippen LogP contribution in [0.2, 0.25) is 10.0 Å². The van der Waals surface area contributed by atoms with Gasteiger partial charge in [0.25, 0.3) is 0 Å². The molecule has 0 aliphatic carbocycles. The number of carboxylic acids is 1. The molecule has 0 saturated heterocycles. The maximum Gasteiger partial charge on any atom is 0.306 e. The van der Waals surface area contributed by atoms with E-state index in [1.54, 1.807) is 24.3 Å². The van der Waals surface area contributed by atoms with E-state index in [2.05, 4.69) is 0 Å². The topological polar surface area (TPSA) is 63.6 Å². The molecule has 1 N–H and O–H groups in total. The Balaban J connectivity index is 2.14. The number of aliphatic carboxylic acids is 1. The predicted octanol–water partition coefficient (Wildman–Crippen LogP) is 4.53. The molecule has 0 heterocycles. The Labute approximate surface area is 150 Å². The van der Waals surface area contributed by atoms with Crippen molar-refractivity contribution in [3.63, 3.8) is 0 Å². The lowest BCUT2D eigenvalue weighted by Gasteiger charge is -2.18. The summed E-state index contributed by atoms with van der Waals surface area (Å²) in [7, 11) is 0. The van der Waals surface area contributed by atoms with Crippen LogP contribution in [0, 0.1) is 0 Å². The van der Waals surface area contributed by atoms with Crippen molar-refractivity contribution in [3.05, 3.63) is 69.7 Å². The minimum atomic E-state index is -1.03. The van der Waals surface area contributed by atoms with Crippen molar-refractivity contribution in [1.29, 1.82) is 0 Å². The molecule has 0 aromatic heterocycles. The van der Waals surface area contributed by atoms with Crippen molar-refractivity contribution >= 4 is 35.1 Å². The SMILES string of the molecule is O=C(O)CCC(=O)OCC(c1ccc(Cl)cc1)c1ccc(Cl)cc1. The molecule has 6 heteroatoms. The fraction of sp³-hybridized carbons (Fsp3) is 0.222. The summed E-state index contributed by atoms with van der Waals surface area (Å²) in [6, 6.07) is 14.6. The number of hydrogen-bond acceptors (Lipinski definition) is 3. The van der Waals surface area contributed by atoms with Crippen molar-refractivity contribution in [2.75, 3.05) is 6.61 Å². The fourth-order valence-corrected chi connectivity index (χ4v) is 2.48. The van der Waals surface area contributed by atoms with Crippen LogP contribution in [0.5, 0.6) is 0 Å². The van der Waals surface area contributed by atoms with E-state index < -0.39 is 11.9 Å². The van der Waals surface area contributed by atoms with Crippen LogP contribution in [-0.2, 0) is 14.3 Å². The molecular weight excluding hydrogens is 351 g/mol. The first-order valence-electron chi connectivity index (χ1n) is 7.34. The molecular formula is C18H16Cl2O4. The largest absolute Gasteiger partial charge is 0.481 e. The lowest BCUT2D eigenvalue weighted by molar-refractivity contribution is -0.147. The first-order chi connectivity index (χ1) is 11.5. The molecule has 126 valence electrons. The summed E-state index contributed by atoms with van der Waals surface area (Å²) >= 11 is 11.8. The Morgan fingerprint density at radius 1 is 0.875 bits per heavy atom. The Morgan fingerprint density at radius 2 is 1.33 bits per heavy atom. The van der Waals surface area contributed by atoms with Gasteiger partial charge in [-0.1, -0.05) is 47.5 Å². The Morgan fingerprint density at radius 3 is 1.75 bits per heavy atom. The number of esters is 1. The van der Waals surface area contributed by atoms with Gasteiger partial charge >= 0.3 is 11.9 Å². The molecule has 0 aliphatic rings. The van der Waals surface area contributed by atoms with Gasteiger partial charge in [-0.3, -0.25) is 9.59 Å². The number of hydrogen-bond donors (Lipinski definition) is 1. The van der Waals surface area contributed by atoms with Crippen molar-refractivity contribution < 1.29 is 19.4 Å². The standard InChI is InChI=1S/C18H16Cl2O4/c19-14-5-1-12(2-6-14)16(13-3-7-15(20)8-4-13)11-24-18(23)10-9-17(21)22/h1-8,16H,9-11H2,(H,21,22). The number of halogens is 2. The summed E-state index contributed by atoms with van der Waals surface area (Å²) < 4.78 is 5.26. The summed E-state index contributed by atoms with van der Waals surface area (Å²) in [5, 5.41) is 9.85. The van der Waals surface area contributed by atoms with E-state index in [1.807, 2.05) is 24.3 Å². The van der Waals surface area contributed by atoms with E-state index in [1.165, 1.54) is 0 Å². The zero-order valence-corrected chi connectivity index (χ0v) is 14.3. The number of benzene rings is 2. The van der Waals surface area contributed by atoms with Gasteiger partial charge < -0.3 is 9.84 Å². The third-order valence-corrected chi connectivity index (χ3v) is 4.00. The fourth-order valence-electron chi connectivity index (χ4n) is 2.23. The van der Waals surface area contributed by atoms with Gasteiger partial charge in [-0.2, -0.15) is 0 Å². The van der Waals surface area contributed by atoms with Crippen LogP contribution in [0.1, 0.15) is 29.9 Å². The van der Waals surface area contributed by atoms with Gasteiger partial charge in [0, 0.05) is 16.0 Å². The van der Waals surface area contributed by atoms with Gasteiger partial charge in [0.2, 0.25) is 0 Å². The highest BCUT2D eigenvalue weighted by atomic mass is 35.5. The molecule has 0 spiro atoms. The quantitative estimate of drug-likeness (QED) is 0.730. The van der Waals surface area contributed by atoms with Crippen molar-refractivity contribution in [2.24, 2.45) is 0 Å². The van der Waals surface area contributed by atoms with Gasteiger partial charge in [0.05, 0.1) is 12.8 Å². The van der Waals surface area contributed by atoms with Gasteiger partial charge in [0.1, 0.15) is 6.61 Å². The van der Waals surface area contributed by atoms with Crippen LogP contribution < -0.4 is 0 Å². The Hall–Kier alpha value is -2.04. The summed E-state index contributed by atoms with van der Waals surface area (Å²) in [4.78, 5) is 22.2. The number of carbonyl (C=O) groups excluding carboxylic acids is 1. The van der Waals surface area contributed by atoms with Crippen LogP contribution in [0.25, 0.3) is 0 Å². The van der Waals surface area contributed by atoms with Crippen LogP contribution in [-0.4, -0.2) is 23.7 Å². The van der Waals surface area contributed by atoms with Crippen LogP contribution in [0.4, 0.5) is 0 Å². The van der Waals surface area contributed by atoms with E-state index in [9.17, 15) is 9.59 Å². The number of carbonyl (C=O) groups is 2. The molecule has 0 radical (unpaired) electrons. The molecule has 0 fully saturated rings. The summed E-state index contributed by atoms with van der Waals surface area (Å²) in [5.74, 6) is -1.75. The van der Waals surface area contributed by atoms with Gasteiger partial charge in [0.15, 0.2) is 0 Å². The first kappa shape index (κ1) is 18.3. The monoisotopic (exact) mass is 366 g/mol. The average Bonchev–Trinajstić information content (AvgIpc) is 2.56. The number of ether oxygens (including phenoxy) is 1. The lowest BCUT2D eigenvalue weighted by atomic mass is 9.92. The second kappa shape index (κ2) is 8.71. The minimum Gasteiger partial charge on any atom is -0.481 e. The first-order valence-corrected chi connectivity index (χ1v) is 8.09. The van der Waals surface area contributed by atoms with E-state index in [0.717, 1.165) is 11.1 Å². The van der Waals surface area contributed by atoms with Crippen molar-refractivity contribution in [3.8, 4) is 0 Å². The minimum absolute atomic E-state index is 0.113. The molecule has 2 aromatic carbocycles. The maximum atomic E-state index is 11.7. The van der Waals surface area contributed by atoms with E-state index in [0.29, 0.717) is 10.0 Å². The molecule has 0 atom stereocenters. The van der Waals surface area contributed by atoms with Gasteiger partial charge in [-0.05, 0) is 35.4 Å². The molecule has 0 unspecified atom stereocenters. The third kappa shape index (κ3) is 5.55. The average molecular weight is 367 g/mol. The van der Waals surface area contributed by atoms with E-state index in [4.69, 9.17) is 33.0 Å². The van der Waals surface area contributed by atoms with E-state index >= 15 is 0 Å². The van der Waals surface area contributed by atoms with Crippen LogP contribution in [0.3, 0.4) is 0 Å². The van der Waals surface area contributed by atoms with Crippen molar-refractivity contribution in [2.45, 2.75) is 18.8 Å². The smallest absolute Gasteiger partial charge is 0.306 e. The second-order valence-corrected chi connectivity index (χ2v) is 6.11. The molecule has 0 aliphatic heterocycles. The van der Waals surface area contributed by atoms with Crippen LogP contribution in [0.15, 0.2) is 48.5 Å². The highest BCUT2D eigenvalue weighted by Gasteiger charge is 2.17. The molecule has 24 heavy (non-hydrogen) atoms. The summed E-state index contributed by atoms with van der Waals surface area (Å²) in [5.41, 5.74) is 1.88.